The van der Waals surface area contributed by atoms with E-state index in [1.807, 2.05) is 6.20 Å². The van der Waals surface area contributed by atoms with Crippen molar-refractivity contribution in [2.75, 3.05) is 12.3 Å². The second-order valence-corrected chi connectivity index (χ2v) is 4.09. The lowest BCUT2D eigenvalue weighted by Gasteiger charge is -2.06. The number of hydrogen-bond acceptors (Lipinski definition) is 4. The van der Waals surface area contributed by atoms with E-state index in [4.69, 9.17) is 16.2 Å². The molecule has 4 N–H and O–H groups in total. The molecule has 6 heteroatoms. The van der Waals surface area contributed by atoms with E-state index in [1.54, 1.807) is 35.0 Å². The van der Waals surface area contributed by atoms with Gasteiger partial charge in [-0.2, -0.15) is 5.10 Å². The molecule has 0 spiro atoms. The fourth-order valence-corrected chi connectivity index (χ4v) is 1.63. The van der Waals surface area contributed by atoms with Crippen molar-refractivity contribution in [2.24, 2.45) is 5.73 Å². The molecule has 1 aromatic heterocycles. The number of hydrogen-bond donors (Lipinski definition) is 2. The van der Waals surface area contributed by atoms with Crippen LogP contribution in [0.2, 0.25) is 0 Å². The van der Waals surface area contributed by atoms with Crippen LogP contribution >= 0.6 is 0 Å². The number of carbonyl (C=O) groups is 1. The summed E-state index contributed by atoms with van der Waals surface area (Å²) in [6.45, 7) is 1.31. The van der Waals surface area contributed by atoms with E-state index < -0.39 is 5.91 Å². The Bertz CT molecular complexity index is 548. The Kier molecular flexibility index (Phi) is 4.02. The number of rotatable bonds is 6. The molecular formula is C13H16N4O2. The van der Waals surface area contributed by atoms with E-state index in [0.29, 0.717) is 23.7 Å². The predicted octanol–water partition coefficient (Wildman–Crippen LogP) is 1.03. The summed E-state index contributed by atoms with van der Waals surface area (Å²) in [4.78, 5) is 10.9. The highest BCUT2D eigenvalue weighted by Crippen LogP contribution is 2.12. The van der Waals surface area contributed by atoms with Gasteiger partial charge >= 0.3 is 0 Å². The topological polar surface area (TPSA) is 96.2 Å². The first-order chi connectivity index (χ1) is 9.15. The van der Waals surface area contributed by atoms with Gasteiger partial charge in [0, 0.05) is 24.7 Å². The monoisotopic (exact) mass is 260 g/mol. The van der Waals surface area contributed by atoms with E-state index >= 15 is 0 Å². The van der Waals surface area contributed by atoms with Crippen LogP contribution in [-0.2, 0) is 6.54 Å². The van der Waals surface area contributed by atoms with Gasteiger partial charge in [-0.05, 0) is 30.3 Å². The van der Waals surface area contributed by atoms with Crippen LogP contribution in [0.4, 0.5) is 5.82 Å². The fourth-order valence-electron chi connectivity index (χ4n) is 1.63. The third-order valence-corrected chi connectivity index (χ3v) is 2.60. The van der Waals surface area contributed by atoms with Gasteiger partial charge in [0.1, 0.15) is 11.6 Å². The van der Waals surface area contributed by atoms with Crippen molar-refractivity contribution in [3.63, 3.8) is 0 Å². The van der Waals surface area contributed by atoms with E-state index in [0.717, 1.165) is 13.0 Å². The lowest BCUT2D eigenvalue weighted by atomic mass is 10.2. The van der Waals surface area contributed by atoms with E-state index in [1.165, 1.54) is 0 Å². The van der Waals surface area contributed by atoms with Gasteiger partial charge in [0.05, 0.1) is 6.61 Å². The van der Waals surface area contributed by atoms with Gasteiger partial charge in [0.2, 0.25) is 5.91 Å². The molecule has 0 atom stereocenters. The average Bonchev–Trinajstić information content (AvgIpc) is 2.81. The highest BCUT2D eigenvalue weighted by atomic mass is 16.5. The van der Waals surface area contributed by atoms with Crippen LogP contribution in [0.25, 0.3) is 0 Å². The molecule has 2 rings (SSSR count). The maximum Gasteiger partial charge on any atom is 0.248 e. The molecular weight excluding hydrogens is 244 g/mol. The number of nitrogens with zero attached hydrogens (tertiary/aromatic N) is 2. The van der Waals surface area contributed by atoms with Gasteiger partial charge < -0.3 is 16.2 Å². The van der Waals surface area contributed by atoms with Gasteiger partial charge in [0.15, 0.2) is 0 Å². The van der Waals surface area contributed by atoms with Crippen LogP contribution in [0.3, 0.4) is 0 Å². The summed E-state index contributed by atoms with van der Waals surface area (Å²) in [7, 11) is 0. The molecule has 0 aliphatic heterocycles. The normalized spacial score (nSPS) is 10.3. The highest BCUT2D eigenvalue weighted by Gasteiger charge is 2.00. The van der Waals surface area contributed by atoms with Gasteiger partial charge in [0.25, 0.3) is 0 Å². The fraction of sp³-hybridized carbons (Fsp3) is 0.231. The number of ether oxygens (including phenoxy) is 1. The summed E-state index contributed by atoms with van der Waals surface area (Å²) in [5.41, 5.74) is 11.1. The maximum atomic E-state index is 10.9. The largest absolute Gasteiger partial charge is 0.494 e. The van der Waals surface area contributed by atoms with Crippen LogP contribution in [-0.4, -0.2) is 22.3 Å². The first kappa shape index (κ1) is 12.9. The highest BCUT2D eigenvalue weighted by molar-refractivity contribution is 5.92. The number of amides is 1. The van der Waals surface area contributed by atoms with E-state index in [2.05, 4.69) is 5.10 Å². The van der Waals surface area contributed by atoms with Crippen LogP contribution in [0.15, 0.2) is 36.5 Å². The number of nitrogen functional groups attached to an aromatic ring is 1. The number of aromatic nitrogens is 2. The van der Waals surface area contributed by atoms with Crippen molar-refractivity contribution >= 4 is 11.7 Å². The third kappa shape index (κ3) is 3.74. The number of carbonyl (C=O) groups excluding carboxylic acids is 1. The van der Waals surface area contributed by atoms with Gasteiger partial charge in [-0.25, -0.2) is 0 Å². The summed E-state index contributed by atoms with van der Waals surface area (Å²) in [6, 6.07) is 8.50. The molecule has 1 heterocycles. The zero-order chi connectivity index (χ0) is 13.7. The quantitative estimate of drug-likeness (QED) is 0.758. The Balaban J connectivity index is 1.75. The number of benzene rings is 1. The molecule has 0 unspecified atom stereocenters. The lowest BCUT2D eigenvalue weighted by Crippen LogP contribution is -2.10. The van der Waals surface area contributed by atoms with Gasteiger partial charge in [-0.1, -0.05) is 0 Å². The van der Waals surface area contributed by atoms with E-state index in [-0.39, 0.29) is 0 Å². The summed E-state index contributed by atoms with van der Waals surface area (Å²) >= 11 is 0. The molecule has 0 bridgehead atoms. The standard InChI is InChI=1S/C13H16N4O2/c14-12-6-8-17(16-12)7-1-9-19-11-4-2-10(3-5-11)13(15)18/h2-6,8H,1,7,9H2,(H2,14,16)(H2,15,18). The predicted molar refractivity (Wildman–Crippen MR) is 71.7 cm³/mol. The molecule has 6 nitrogen and oxygen atoms in total. The number of anilines is 1. The molecule has 1 amide bonds. The minimum Gasteiger partial charge on any atom is -0.494 e. The van der Waals surface area contributed by atoms with Crippen LogP contribution in [0.1, 0.15) is 16.8 Å². The van der Waals surface area contributed by atoms with Crippen LogP contribution < -0.4 is 16.2 Å². The third-order valence-electron chi connectivity index (χ3n) is 2.60. The van der Waals surface area contributed by atoms with Crippen molar-refractivity contribution in [1.29, 1.82) is 0 Å². The molecule has 0 aliphatic carbocycles. The average molecular weight is 260 g/mol. The summed E-state index contributed by atoms with van der Waals surface area (Å²) < 4.78 is 7.32. The molecule has 19 heavy (non-hydrogen) atoms. The Morgan fingerprint density at radius 1 is 1.26 bits per heavy atom. The molecule has 0 saturated carbocycles. The molecule has 1 aromatic carbocycles. The van der Waals surface area contributed by atoms with Crippen LogP contribution in [0.5, 0.6) is 5.75 Å². The van der Waals surface area contributed by atoms with Crippen LogP contribution in [0, 0.1) is 0 Å². The zero-order valence-corrected chi connectivity index (χ0v) is 10.5. The zero-order valence-electron chi connectivity index (χ0n) is 10.5. The second kappa shape index (κ2) is 5.90. The van der Waals surface area contributed by atoms with Crippen molar-refractivity contribution in [2.45, 2.75) is 13.0 Å². The van der Waals surface area contributed by atoms with Crippen molar-refractivity contribution in [1.82, 2.24) is 9.78 Å². The minimum atomic E-state index is -0.442. The number of primary amides is 1. The Morgan fingerprint density at radius 3 is 2.58 bits per heavy atom. The smallest absolute Gasteiger partial charge is 0.248 e. The maximum absolute atomic E-state index is 10.9. The Hall–Kier alpha value is -2.50. The van der Waals surface area contributed by atoms with Gasteiger partial charge in [-0.3, -0.25) is 9.48 Å². The van der Waals surface area contributed by atoms with E-state index in [9.17, 15) is 4.79 Å². The number of aryl methyl sites for hydroxylation is 1. The first-order valence-corrected chi connectivity index (χ1v) is 5.97. The molecule has 2 aromatic rings. The second-order valence-electron chi connectivity index (χ2n) is 4.09. The summed E-state index contributed by atoms with van der Waals surface area (Å²) in [6.07, 6.45) is 2.65. The van der Waals surface area contributed by atoms with Crippen molar-refractivity contribution in [3.05, 3.63) is 42.1 Å². The Labute approximate surface area is 111 Å². The SMILES string of the molecule is NC(=O)c1ccc(OCCCn2ccc(N)n2)cc1. The number of nitrogens with two attached hydrogens (primary N) is 2. The molecule has 0 radical (unpaired) electrons. The van der Waals surface area contributed by atoms with Gasteiger partial charge in [-0.15, -0.1) is 0 Å². The van der Waals surface area contributed by atoms with Crippen molar-refractivity contribution in [3.8, 4) is 5.75 Å². The minimum absolute atomic E-state index is 0.442. The first-order valence-electron chi connectivity index (χ1n) is 5.97. The Morgan fingerprint density at radius 2 is 2.00 bits per heavy atom. The molecule has 0 aliphatic rings. The lowest BCUT2D eigenvalue weighted by molar-refractivity contribution is 0.100. The summed E-state index contributed by atoms with van der Waals surface area (Å²) in [5.74, 6) is 0.788. The molecule has 0 saturated heterocycles. The van der Waals surface area contributed by atoms with Crippen molar-refractivity contribution < 1.29 is 9.53 Å². The molecule has 0 fully saturated rings. The molecule has 100 valence electrons. The summed E-state index contributed by atoms with van der Waals surface area (Å²) in [5, 5.41) is 4.07.